The highest BCUT2D eigenvalue weighted by atomic mass is 32.2. The zero-order valence-corrected chi connectivity index (χ0v) is 14.5. The Balaban J connectivity index is 1.91. The SMILES string of the molecule is C[C@@H]1CCC[C@H](O[C@H](C)C(=O)N2CC[S@](=O)[C@H](C)[C@H]2C)C1. The highest BCUT2D eigenvalue weighted by molar-refractivity contribution is 7.85. The zero-order valence-electron chi connectivity index (χ0n) is 13.7. The Labute approximate surface area is 131 Å². The van der Waals surface area contributed by atoms with Gasteiger partial charge in [-0.15, -0.1) is 0 Å². The van der Waals surface area contributed by atoms with Crippen LogP contribution in [0.5, 0.6) is 0 Å². The summed E-state index contributed by atoms with van der Waals surface area (Å²) in [7, 11) is -0.811. The van der Waals surface area contributed by atoms with Crippen LogP contribution < -0.4 is 0 Å². The third kappa shape index (κ3) is 4.07. The minimum absolute atomic E-state index is 0.0309. The molecule has 6 atom stereocenters. The van der Waals surface area contributed by atoms with Crippen LogP contribution in [0.25, 0.3) is 0 Å². The van der Waals surface area contributed by atoms with E-state index in [1.807, 2.05) is 25.7 Å². The number of hydrogen-bond donors (Lipinski definition) is 0. The fraction of sp³-hybridized carbons (Fsp3) is 0.938. The van der Waals surface area contributed by atoms with Crippen LogP contribution in [0, 0.1) is 5.92 Å². The second kappa shape index (κ2) is 7.23. The topological polar surface area (TPSA) is 46.6 Å². The van der Waals surface area contributed by atoms with Crippen molar-refractivity contribution in [2.45, 2.75) is 76.9 Å². The standard InChI is InChI=1S/C16H29NO3S/c1-11-6-5-7-15(10-11)20-13(3)16(18)17-8-9-21(19)14(4)12(17)2/h11-15H,5-10H2,1-4H3/t11-,12-,13-,14-,15+,21+/m1/s1. The lowest BCUT2D eigenvalue weighted by Gasteiger charge is -2.39. The number of hydrogen-bond acceptors (Lipinski definition) is 3. The predicted octanol–water partition coefficient (Wildman–Crippen LogP) is 2.34. The Morgan fingerprint density at radius 3 is 2.67 bits per heavy atom. The van der Waals surface area contributed by atoms with Crippen LogP contribution in [0.3, 0.4) is 0 Å². The van der Waals surface area contributed by atoms with Crippen LogP contribution in [-0.4, -0.2) is 50.8 Å². The maximum absolute atomic E-state index is 12.6. The monoisotopic (exact) mass is 315 g/mol. The fourth-order valence-corrected chi connectivity index (χ4v) is 4.78. The molecule has 2 aliphatic rings. The first-order chi connectivity index (χ1) is 9.90. The largest absolute Gasteiger partial charge is 0.365 e. The van der Waals surface area contributed by atoms with Crippen LogP contribution in [0.4, 0.5) is 0 Å². The minimum Gasteiger partial charge on any atom is -0.365 e. The van der Waals surface area contributed by atoms with Crippen molar-refractivity contribution in [2.24, 2.45) is 5.92 Å². The molecule has 0 radical (unpaired) electrons. The number of carbonyl (C=O) groups excluding carboxylic acids is 1. The maximum atomic E-state index is 12.6. The van der Waals surface area contributed by atoms with Crippen molar-refractivity contribution in [1.82, 2.24) is 4.90 Å². The van der Waals surface area contributed by atoms with Gasteiger partial charge in [0.2, 0.25) is 0 Å². The number of ether oxygens (including phenoxy) is 1. The predicted molar refractivity (Wildman–Crippen MR) is 85.6 cm³/mol. The molecule has 4 nitrogen and oxygen atoms in total. The van der Waals surface area contributed by atoms with Crippen LogP contribution in [0.1, 0.15) is 53.4 Å². The molecule has 122 valence electrons. The van der Waals surface area contributed by atoms with E-state index < -0.39 is 10.8 Å². The number of amides is 1. The van der Waals surface area contributed by atoms with E-state index >= 15 is 0 Å². The molecule has 2 rings (SSSR count). The molecule has 2 fully saturated rings. The molecular weight excluding hydrogens is 286 g/mol. The van der Waals surface area contributed by atoms with E-state index in [9.17, 15) is 9.00 Å². The lowest BCUT2D eigenvalue weighted by molar-refractivity contribution is -0.150. The summed E-state index contributed by atoms with van der Waals surface area (Å²) in [6.45, 7) is 8.67. The molecule has 1 amide bonds. The van der Waals surface area contributed by atoms with Gasteiger partial charge in [-0.2, -0.15) is 0 Å². The molecule has 1 saturated heterocycles. The van der Waals surface area contributed by atoms with Crippen LogP contribution in [-0.2, 0) is 20.3 Å². The zero-order chi connectivity index (χ0) is 15.6. The summed E-state index contributed by atoms with van der Waals surface area (Å²) < 4.78 is 17.9. The van der Waals surface area contributed by atoms with E-state index in [0.29, 0.717) is 18.2 Å². The van der Waals surface area contributed by atoms with Crippen molar-refractivity contribution in [1.29, 1.82) is 0 Å². The molecule has 0 aromatic heterocycles. The van der Waals surface area contributed by atoms with Crippen LogP contribution in [0.2, 0.25) is 0 Å². The van der Waals surface area contributed by atoms with E-state index in [0.717, 1.165) is 12.8 Å². The number of rotatable bonds is 3. The quantitative estimate of drug-likeness (QED) is 0.803. The minimum atomic E-state index is -0.811. The molecule has 1 aliphatic heterocycles. The molecule has 1 aliphatic carbocycles. The second-order valence-corrected chi connectivity index (χ2v) is 8.65. The molecule has 0 aromatic carbocycles. The van der Waals surface area contributed by atoms with E-state index in [1.165, 1.54) is 12.8 Å². The van der Waals surface area contributed by atoms with Gasteiger partial charge in [-0.25, -0.2) is 0 Å². The van der Waals surface area contributed by atoms with Crippen LogP contribution in [0.15, 0.2) is 0 Å². The number of carbonyl (C=O) groups is 1. The summed E-state index contributed by atoms with van der Waals surface area (Å²) in [6.07, 6.45) is 4.43. The summed E-state index contributed by atoms with van der Waals surface area (Å²) >= 11 is 0. The molecule has 0 unspecified atom stereocenters. The molecule has 0 aromatic rings. The summed E-state index contributed by atoms with van der Waals surface area (Å²) in [5.74, 6) is 1.34. The number of nitrogens with zero attached hydrogens (tertiary/aromatic N) is 1. The van der Waals surface area contributed by atoms with E-state index in [2.05, 4.69) is 6.92 Å². The molecule has 1 saturated carbocycles. The van der Waals surface area contributed by atoms with Gasteiger partial charge in [-0.3, -0.25) is 9.00 Å². The van der Waals surface area contributed by atoms with Gasteiger partial charge in [0.25, 0.3) is 5.91 Å². The smallest absolute Gasteiger partial charge is 0.251 e. The van der Waals surface area contributed by atoms with Crippen molar-refractivity contribution in [3.8, 4) is 0 Å². The van der Waals surface area contributed by atoms with Crippen LogP contribution >= 0.6 is 0 Å². The fourth-order valence-electron chi connectivity index (χ4n) is 3.44. The average molecular weight is 315 g/mol. The maximum Gasteiger partial charge on any atom is 0.251 e. The molecule has 5 heteroatoms. The Morgan fingerprint density at radius 1 is 1.29 bits per heavy atom. The first-order valence-corrected chi connectivity index (χ1v) is 9.61. The molecule has 0 N–H and O–H groups in total. The summed E-state index contributed by atoms with van der Waals surface area (Å²) in [5, 5.41) is 0.0459. The highest BCUT2D eigenvalue weighted by Gasteiger charge is 2.35. The van der Waals surface area contributed by atoms with Crippen molar-refractivity contribution < 1.29 is 13.7 Å². The second-order valence-electron chi connectivity index (χ2n) is 6.73. The van der Waals surface area contributed by atoms with E-state index in [4.69, 9.17) is 4.74 Å². The molecule has 21 heavy (non-hydrogen) atoms. The van der Waals surface area contributed by atoms with Gasteiger partial charge >= 0.3 is 0 Å². The van der Waals surface area contributed by atoms with Gasteiger partial charge in [0.05, 0.1) is 11.4 Å². The van der Waals surface area contributed by atoms with Gasteiger partial charge in [0, 0.05) is 29.1 Å². The Morgan fingerprint density at radius 2 is 2.00 bits per heavy atom. The van der Waals surface area contributed by atoms with Crippen molar-refractivity contribution in [3.63, 3.8) is 0 Å². The van der Waals surface area contributed by atoms with E-state index in [-0.39, 0.29) is 29.4 Å². The van der Waals surface area contributed by atoms with Gasteiger partial charge in [-0.05, 0) is 39.5 Å². The summed E-state index contributed by atoms with van der Waals surface area (Å²) in [5.41, 5.74) is 0. The molecular formula is C16H29NO3S. The lowest BCUT2D eigenvalue weighted by atomic mass is 9.88. The Kier molecular flexibility index (Phi) is 5.83. The molecule has 0 spiro atoms. The summed E-state index contributed by atoms with van der Waals surface area (Å²) in [6, 6.07) is 0.0309. The first kappa shape index (κ1) is 16.9. The Hall–Kier alpha value is -0.420. The van der Waals surface area contributed by atoms with Gasteiger partial charge < -0.3 is 9.64 Å². The van der Waals surface area contributed by atoms with Crippen molar-refractivity contribution >= 4 is 16.7 Å². The highest BCUT2D eigenvalue weighted by Crippen LogP contribution is 2.27. The van der Waals surface area contributed by atoms with Crippen molar-refractivity contribution in [2.75, 3.05) is 12.3 Å². The Bertz CT molecular complexity index is 401. The third-order valence-corrected chi connectivity index (χ3v) is 6.84. The third-order valence-electron chi connectivity index (χ3n) is 5.03. The average Bonchev–Trinajstić information content (AvgIpc) is 2.44. The summed E-state index contributed by atoms with van der Waals surface area (Å²) in [4.78, 5) is 14.5. The first-order valence-electron chi connectivity index (χ1n) is 8.23. The van der Waals surface area contributed by atoms with Gasteiger partial charge in [-0.1, -0.05) is 19.8 Å². The molecule has 0 bridgehead atoms. The van der Waals surface area contributed by atoms with Gasteiger partial charge in [0.15, 0.2) is 0 Å². The lowest BCUT2D eigenvalue weighted by Crippen LogP contribution is -2.55. The normalized spacial score (nSPS) is 39.0. The molecule has 1 heterocycles. The van der Waals surface area contributed by atoms with E-state index in [1.54, 1.807) is 0 Å². The van der Waals surface area contributed by atoms with Crippen molar-refractivity contribution in [3.05, 3.63) is 0 Å². The van der Waals surface area contributed by atoms with Gasteiger partial charge in [0.1, 0.15) is 6.10 Å².